The third kappa shape index (κ3) is 5.92. The minimum atomic E-state index is 0.817. The molecule has 0 saturated heterocycles. The zero-order valence-corrected chi connectivity index (χ0v) is 9.55. The summed E-state index contributed by atoms with van der Waals surface area (Å²) in [6, 6.07) is 0. The van der Waals surface area contributed by atoms with Gasteiger partial charge in [-0.1, -0.05) is 27.2 Å². The van der Waals surface area contributed by atoms with Gasteiger partial charge in [-0.15, -0.1) is 0 Å². The van der Waals surface area contributed by atoms with E-state index in [0.29, 0.717) is 0 Å². The first kappa shape index (κ1) is 11.7. The standard InChI is InChI=1S/C9H20S2/c1-4-8(3)11-7-9(5-2)6-10/h8-10H,4-7H2,1-3H3. The second kappa shape index (κ2) is 7.35. The van der Waals surface area contributed by atoms with Crippen LogP contribution in [0, 0.1) is 5.92 Å². The second-order valence-corrected chi connectivity index (χ2v) is 4.85. The first-order valence-electron chi connectivity index (χ1n) is 4.47. The van der Waals surface area contributed by atoms with Crippen LogP contribution in [0.2, 0.25) is 0 Å². The first-order chi connectivity index (χ1) is 5.24. The molecule has 0 aromatic carbocycles. The Hall–Kier alpha value is 0.700. The number of hydrogen-bond donors (Lipinski definition) is 1. The first-order valence-corrected chi connectivity index (χ1v) is 6.15. The van der Waals surface area contributed by atoms with E-state index >= 15 is 0 Å². The summed E-state index contributed by atoms with van der Waals surface area (Å²) < 4.78 is 0. The van der Waals surface area contributed by atoms with Crippen molar-refractivity contribution < 1.29 is 0 Å². The Morgan fingerprint density at radius 1 is 1.27 bits per heavy atom. The van der Waals surface area contributed by atoms with E-state index in [0.717, 1.165) is 16.9 Å². The molecule has 2 heteroatoms. The monoisotopic (exact) mass is 192 g/mol. The lowest BCUT2D eigenvalue weighted by Gasteiger charge is -2.14. The Labute approximate surface area is 80.9 Å². The molecule has 11 heavy (non-hydrogen) atoms. The van der Waals surface area contributed by atoms with Crippen molar-refractivity contribution in [2.75, 3.05) is 11.5 Å². The number of thiol groups is 1. The third-order valence-electron chi connectivity index (χ3n) is 2.03. The van der Waals surface area contributed by atoms with Crippen LogP contribution in [0.5, 0.6) is 0 Å². The molecule has 0 fully saturated rings. The van der Waals surface area contributed by atoms with Gasteiger partial charge in [-0.25, -0.2) is 0 Å². The van der Waals surface area contributed by atoms with Gasteiger partial charge < -0.3 is 0 Å². The molecular weight excluding hydrogens is 172 g/mol. The van der Waals surface area contributed by atoms with Gasteiger partial charge in [0.2, 0.25) is 0 Å². The SMILES string of the molecule is CCC(CS)CSC(C)CC. The fraction of sp³-hybridized carbons (Fsp3) is 1.00. The maximum Gasteiger partial charge on any atom is 0.00162 e. The molecule has 0 nitrogen and oxygen atoms in total. The van der Waals surface area contributed by atoms with Gasteiger partial charge >= 0.3 is 0 Å². The summed E-state index contributed by atoms with van der Waals surface area (Å²) in [5, 5.41) is 0.823. The zero-order valence-electron chi connectivity index (χ0n) is 7.84. The molecule has 0 aliphatic rings. The highest BCUT2D eigenvalue weighted by molar-refractivity contribution is 7.99. The maximum atomic E-state index is 4.31. The van der Waals surface area contributed by atoms with Crippen LogP contribution in [0.3, 0.4) is 0 Å². The summed E-state index contributed by atoms with van der Waals surface area (Å²) in [5.41, 5.74) is 0. The Bertz CT molecular complexity index is 79.6. The largest absolute Gasteiger partial charge is 0.179 e. The predicted molar refractivity (Wildman–Crippen MR) is 59.8 cm³/mol. The van der Waals surface area contributed by atoms with Crippen molar-refractivity contribution in [1.82, 2.24) is 0 Å². The van der Waals surface area contributed by atoms with Crippen molar-refractivity contribution in [2.45, 2.75) is 38.9 Å². The van der Waals surface area contributed by atoms with Crippen molar-refractivity contribution in [3.63, 3.8) is 0 Å². The highest BCUT2D eigenvalue weighted by Gasteiger charge is 2.06. The minimum Gasteiger partial charge on any atom is -0.179 e. The van der Waals surface area contributed by atoms with Crippen LogP contribution in [0.15, 0.2) is 0 Å². The molecule has 0 heterocycles. The van der Waals surface area contributed by atoms with Gasteiger partial charge in [0, 0.05) is 5.25 Å². The van der Waals surface area contributed by atoms with Gasteiger partial charge in [-0.2, -0.15) is 24.4 Å². The molecule has 0 aromatic heterocycles. The molecule has 0 aromatic rings. The smallest absolute Gasteiger partial charge is 0.00162 e. The lowest BCUT2D eigenvalue weighted by Crippen LogP contribution is -2.07. The molecule has 0 spiro atoms. The van der Waals surface area contributed by atoms with Gasteiger partial charge in [-0.3, -0.25) is 0 Å². The van der Waals surface area contributed by atoms with E-state index in [9.17, 15) is 0 Å². The predicted octanol–water partition coefficient (Wildman–Crippen LogP) is 3.47. The molecule has 0 saturated carbocycles. The lowest BCUT2D eigenvalue weighted by atomic mass is 10.2. The molecule has 0 N–H and O–H groups in total. The van der Waals surface area contributed by atoms with Crippen molar-refractivity contribution >= 4 is 24.4 Å². The van der Waals surface area contributed by atoms with Gasteiger partial charge in [0.05, 0.1) is 0 Å². The van der Waals surface area contributed by atoms with E-state index in [1.54, 1.807) is 0 Å². The van der Waals surface area contributed by atoms with Crippen molar-refractivity contribution in [3.05, 3.63) is 0 Å². The van der Waals surface area contributed by atoms with E-state index in [-0.39, 0.29) is 0 Å². The highest BCUT2D eigenvalue weighted by atomic mass is 32.2. The van der Waals surface area contributed by atoms with Crippen LogP contribution >= 0.6 is 24.4 Å². The van der Waals surface area contributed by atoms with Gasteiger partial charge in [0.1, 0.15) is 0 Å². The van der Waals surface area contributed by atoms with E-state index in [1.807, 2.05) is 0 Å². The van der Waals surface area contributed by atoms with Gasteiger partial charge in [0.25, 0.3) is 0 Å². The summed E-state index contributed by atoms with van der Waals surface area (Å²) in [6.45, 7) is 6.80. The van der Waals surface area contributed by atoms with Gasteiger partial charge in [-0.05, 0) is 23.8 Å². The quantitative estimate of drug-likeness (QED) is 0.629. The molecule has 2 unspecified atom stereocenters. The zero-order chi connectivity index (χ0) is 8.69. The Morgan fingerprint density at radius 2 is 1.91 bits per heavy atom. The number of hydrogen-bond acceptors (Lipinski definition) is 2. The summed E-state index contributed by atoms with van der Waals surface area (Å²) in [4.78, 5) is 0. The molecule has 0 aliphatic carbocycles. The van der Waals surface area contributed by atoms with E-state index in [1.165, 1.54) is 18.6 Å². The molecule has 2 atom stereocenters. The number of thioether (sulfide) groups is 1. The topological polar surface area (TPSA) is 0 Å². The molecule has 0 aliphatic heterocycles. The number of rotatable bonds is 6. The fourth-order valence-electron chi connectivity index (χ4n) is 0.718. The molecule has 0 radical (unpaired) electrons. The molecule has 0 rings (SSSR count). The average Bonchev–Trinajstić information content (AvgIpc) is 2.06. The summed E-state index contributed by atoms with van der Waals surface area (Å²) >= 11 is 6.40. The molecule has 68 valence electrons. The van der Waals surface area contributed by atoms with Gasteiger partial charge in [0.15, 0.2) is 0 Å². The highest BCUT2D eigenvalue weighted by Crippen LogP contribution is 2.19. The van der Waals surface area contributed by atoms with Crippen LogP contribution in [-0.2, 0) is 0 Å². The summed E-state index contributed by atoms with van der Waals surface area (Å²) in [5.74, 6) is 3.15. The van der Waals surface area contributed by atoms with Crippen LogP contribution in [0.1, 0.15) is 33.6 Å². The maximum absolute atomic E-state index is 4.31. The van der Waals surface area contributed by atoms with Crippen LogP contribution in [0.4, 0.5) is 0 Å². The van der Waals surface area contributed by atoms with Crippen molar-refractivity contribution in [3.8, 4) is 0 Å². The Morgan fingerprint density at radius 3 is 2.27 bits per heavy atom. The third-order valence-corrected chi connectivity index (χ3v) is 4.11. The van der Waals surface area contributed by atoms with Crippen molar-refractivity contribution in [2.24, 2.45) is 5.92 Å². The van der Waals surface area contributed by atoms with Crippen LogP contribution in [0.25, 0.3) is 0 Å². The van der Waals surface area contributed by atoms with E-state index < -0.39 is 0 Å². The molecule has 0 bridgehead atoms. The fourth-order valence-corrected chi connectivity index (χ4v) is 2.47. The minimum absolute atomic E-state index is 0.817. The second-order valence-electron chi connectivity index (χ2n) is 3.01. The van der Waals surface area contributed by atoms with Crippen molar-refractivity contribution in [1.29, 1.82) is 0 Å². The summed E-state index contributed by atoms with van der Waals surface area (Å²) in [6.07, 6.45) is 2.56. The normalized spacial score (nSPS) is 16.4. The van der Waals surface area contributed by atoms with E-state index in [4.69, 9.17) is 0 Å². The molecular formula is C9H20S2. The average molecular weight is 192 g/mol. The molecule has 0 amide bonds. The Kier molecular flexibility index (Phi) is 7.82. The van der Waals surface area contributed by atoms with E-state index in [2.05, 4.69) is 45.2 Å². The van der Waals surface area contributed by atoms with Crippen LogP contribution in [-0.4, -0.2) is 16.8 Å². The lowest BCUT2D eigenvalue weighted by molar-refractivity contribution is 0.647. The Balaban J connectivity index is 3.34. The van der Waals surface area contributed by atoms with Crippen LogP contribution < -0.4 is 0 Å². The summed E-state index contributed by atoms with van der Waals surface area (Å²) in [7, 11) is 0.